The van der Waals surface area contributed by atoms with Gasteiger partial charge in [0, 0.05) is 63.3 Å². The van der Waals surface area contributed by atoms with E-state index < -0.39 is 11.6 Å². The van der Waals surface area contributed by atoms with Crippen LogP contribution in [0, 0.1) is 11.6 Å². The summed E-state index contributed by atoms with van der Waals surface area (Å²) in [6, 6.07) is 4.07. The molecule has 0 atom stereocenters. The molecule has 2 fully saturated rings. The second-order valence-corrected chi connectivity index (χ2v) is 8.26. The quantitative estimate of drug-likeness (QED) is 0.743. The third-order valence-corrected chi connectivity index (χ3v) is 6.32. The van der Waals surface area contributed by atoms with Gasteiger partial charge in [-0.2, -0.15) is 0 Å². The first-order chi connectivity index (χ1) is 14.0. The zero-order valence-corrected chi connectivity index (χ0v) is 16.7. The van der Waals surface area contributed by atoms with Gasteiger partial charge >= 0.3 is 0 Å². The van der Waals surface area contributed by atoms with Crippen molar-refractivity contribution in [2.75, 3.05) is 39.3 Å². The Balaban J connectivity index is 1.19. The molecule has 0 N–H and O–H groups in total. The Bertz CT molecular complexity index is 879. The van der Waals surface area contributed by atoms with Crippen molar-refractivity contribution in [3.8, 4) is 0 Å². The number of benzene rings is 1. The van der Waals surface area contributed by atoms with Crippen molar-refractivity contribution in [3.05, 3.63) is 52.0 Å². The monoisotopic (exact) mass is 420 g/mol. The summed E-state index contributed by atoms with van der Waals surface area (Å²) >= 11 is 1.36. The van der Waals surface area contributed by atoms with Crippen LogP contribution in [0.5, 0.6) is 0 Å². The molecule has 9 heteroatoms. The zero-order valence-electron chi connectivity index (χ0n) is 15.9. The van der Waals surface area contributed by atoms with E-state index in [4.69, 9.17) is 0 Å². The van der Waals surface area contributed by atoms with E-state index in [0.717, 1.165) is 25.2 Å². The van der Waals surface area contributed by atoms with E-state index in [-0.39, 0.29) is 18.2 Å². The summed E-state index contributed by atoms with van der Waals surface area (Å²) in [5.41, 5.74) is 0.621. The van der Waals surface area contributed by atoms with Gasteiger partial charge < -0.3 is 9.80 Å². The van der Waals surface area contributed by atoms with Gasteiger partial charge in [0.2, 0.25) is 5.91 Å². The smallest absolute Gasteiger partial charge is 0.282 e. The van der Waals surface area contributed by atoms with Crippen molar-refractivity contribution in [3.63, 3.8) is 0 Å². The fourth-order valence-corrected chi connectivity index (χ4v) is 4.35. The largest absolute Gasteiger partial charge is 0.339 e. The van der Waals surface area contributed by atoms with E-state index in [1.165, 1.54) is 17.4 Å². The van der Waals surface area contributed by atoms with Crippen molar-refractivity contribution in [2.24, 2.45) is 0 Å². The first-order valence-electron chi connectivity index (χ1n) is 9.66. The number of carbonyl (C=O) groups is 2. The maximum Gasteiger partial charge on any atom is 0.282 e. The summed E-state index contributed by atoms with van der Waals surface area (Å²) < 4.78 is 26.2. The van der Waals surface area contributed by atoms with Crippen LogP contribution < -0.4 is 0 Å². The Labute approximate surface area is 171 Å². The number of aromatic nitrogens is 1. The second kappa shape index (κ2) is 8.54. The zero-order chi connectivity index (χ0) is 20.4. The summed E-state index contributed by atoms with van der Waals surface area (Å²) in [4.78, 5) is 34.7. The van der Waals surface area contributed by atoms with Gasteiger partial charge in [0.25, 0.3) is 5.91 Å². The van der Waals surface area contributed by atoms with E-state index in [1.54, 1.807) is 16.5 Å². The third-order valence-electron chi connectivity index (χ3n) is 5.56. The standard InChI is InChI=1S/C20H22F2N4O2S/c21-16-3-1-14(11-17(16)22)2-4-18(27)26-12-15(13-26)24-6-8-25(9-7-24)20(28)19-23-5-10-29-19/h1,3,5,10-11,15H,2,4,6-9,12-13H2. The number of likely N-dealkylation sites (tertiary alicyclic amines) is 1. The van der Waals surface area contributed by atoms with Gasteiger partial charge in [-0.1, -0.05) is 6.07 Å². The number of hydrogen-bond donors (Lipinski definition) is 0. The summed E-state index contributed by atoms with van der Waals surface area (Å²) in [6.07, 6.45) is 2.32. The highest BCUT2D eigenvalue weighted by atomic mass is 32.1. The fraction of sp³-hybridized carbons (Fsp3) is 0.450. The van der Waals surface area contributed by atoms with Gasteiger partial charge in [0.15, 0.2) is 16.6 Å². The molecule has 2 saturated heterocycles. The lowest BCUT2D eigenvalue weighted by Crippen LogP contribution is -2.64. The van der Waals surface area contributed by atoms with E-state index in [9.17, 15) is 18.4 Å². The Morgan fingerprint density at radius 3 is 2.48 bits per heavy atom. The number of hydrogen-bond acceptors (Lipinski definition) is 5. The Hall–Kier alpha value is -2.39. The molecule has 0 saturated carbocycles. The van der Waals surface area contributed by atoms with Crippen molar-refractivity contribution in [1.82, 2.24) is 19.7 Å². The van der Waals surface area contributed by atoms with Crippen LogP contribution in [0.4, 0.5) is 8.78 Å². The molecule has 2 aromatic rings. The van der Waals surface area contributed by atoms with Crippen LogP contribution in [-0.4, -0.2) is 76.8 Å². The maximum absolute atomic E-state index is 13.3. The van der Waals surface area contributed by atoms with Crippen LogP contribution in [0.2, 0.25) is 0 Å². The lowest BCUT2D eigenvalue weighted by molar-refractivity contribution is -0.139. The molecule has 1 aromatic heterocycles. The van der Waals surface area contributed by atoms with Crippen LogP contribution in [0.15, 0.2) is 29.8 Å². The Morgan fingerprint density at radius 1 is 1.07 bits per heavy atom. The van der Waals surface area contributed by atoms with Gasteiger partial charge in [0.1, 0.15) is 0 Å². The molecule has 154 valence electrons. The Morgan fingerprint density at radius 2 is 1.83 bits per heavy atom. The molecule has 0 bridgehead atoms. The SMILES string of the molecule is O=C(CCc1ccc(F)c(F)c1)N1CC(N2CCN(C(=O)c3nccs3)CC2)C1. The van der Waals surface area contributed by atoms with Gasteiger partial charge in [-0.3, -0.25) is 14.5 Å². The van der Waals surface area contributed by atoms with E-state index in [0.29, 0.717) is 49.2 Å². The average molecular weight is 420 g/mol. The molecule has 1 aromatic carbocycles. The highest BCUT2D eigenvalue weighted by Crippen LogP contribution is 2.20. The van der Waals surface area contributed by atoms with E-state index in [1.807, 2.05) is 4.90 Å². The van der Waals surface area contributed by atoms with Gasteiger partial charge in [-0.05, 0) is 24.1 Å². The normalized spacial score (nSPS) is 18.0. The van der Waals surface area contributed by atoms with Crippen molar-refractivity contribution in [1.29, 1.82) is 0 Å². The summed E-state index contributed by atoms with van der Waals surface area (Å²) in [7, 11) is 0. The molecule has 3 heterocycles. The summed E-state index contributed by atoms with van der Waals surface area (Å²) in [5, 5.41) is 2.33. The van der Waals surface area contributed by atoms with Crippen molar-refractivity contribution < 1.29 is 18.4 Å². The molecule has 0 unspecified atom stereocenters. The van der Waals surface area contributed by atoms with Gasteiger partial charge in [-0.25, -0.2) is 13.8 Å². The molecule has 2 amide bonds. The number of halogens is 2. The summed E-state index contributed by atoms with van der Waals surface area (Å²) in [6.45, 7) is 4.27. The van der Waals surface area contributed by atoms with Crippen LogP contribution in [0.25, 0.3) is 0 Å². The molecular formula is C20H22F2N4O2S. The van der Waals surface area contributed by atoms with Crippen LogP contribution in [-0.2, 0) is 11.2 Å². The first kappa shape index (κ1) is 19.9. The van der Waals surface area contributed by atoms with Crippen molar-refractivity contribution >= 4 is 23.2 Å². The lowest BCUT2D eigenvalue weighted by atomic mass is 10.0. The highest BCUT2D eigenvalue weighted by molar-refractivity contribution is 7.11. The molecule has 0 spiro atoms. The van der Waals surface area contributed by atoms with Crippen LogP contribution in [0.3, 0.4) is 0 Å². The Kier molecular flexibility index (Phi) is 5.86. The highest BCUT2D eigenvalue weighted by Gasteiger charge is 2.36. The molecular weight excluding hydrogens is 398 g/mol. The molecule has 0 radical (unpaired) electrons. The number of piperazine rings is 1. The minimum Gasteiger partial charge on any atom is -0.339 e. The maximum atomic E-state index is 13.3. The molecule has 0 aliphatic carbocycles. The third kappa shape index (κ3) is 4.45. The van der Waals surface area contributed by atoms with Crippen LogP contribution >= 0.6 is 11.3 Å². The van der Waals surface area contributed by atoms with E-state index >= 15 is 0 Å². The number of aryl methyl sites for hydroxylation is 1. The fourth-order valence-electron chi connectivity index (χ4n) is 3.75. The van der Waals surface area contributed by atoms with Crippen LogP contribution in [0.1, 0.15) is 21.8 Å². The van der Waals surface area contributed by atoms with Gasteiger partial charge in [0.05, 0.1) is 0 Å². The second-order valence-electron chi connectivity index (χ2n) is 7.37. The first-order valence-corrected chi connectivity index (χ1v) is 10.5. The number of carbonyl (C=O) groups excluding carboxylic acids is 2. The number of amides is 2. The van der Waals surface area contributed by atoms with Gasteiger partial charge in [-0.15, -0.1) is 11.3 Å². The lowest BCUT2D eigenvalue weighted by Gasteiger charge is -2.48. The van der Waals surface area contributed by atoms with Crippen molar-refractivity contribution in [2.45, 2.75) is 18.9 Å². The minimum absolute atomic E-state index is 0.0118. The predicted octanol–water partition coefficient (Wildman–Crippen LogP) is 2.02. The molecule has 6 nitrogen and oxygen atoms in total. The molecule has 2 aliphatic heterocycles. The summed E-state index contributed by atoms with van der Waals surface area (Å²) in [5.74, 6) is -1.74. The predicted molar refractivity (Wildman–Crippen MR) is 105 cm³/mol. The molecule has 4 rings (SSSR count). The number of nitrogens with zero attached hydrogens (tertiary/aromatic N) is 4. The average Bonchev–Trinajstić information content (AvgIpc) is 3.22. The number of thiazole rings is 1. The van der Waals surface area contributed by atoms with E-state index in [2.05, 4.69) is 9.88 Å². The minimum atomic E-state index is -0.883. The molecule has 29 heavy (non-hydrogen) atoms. The topological polar surface area (TPSA) is 56.8 Å². The number of rotatable bonds is 5. The molecule has 2 aliphatic rings.